The maximum Gasteiger partial charge on any atom is 0.167 e. The SMILES string of the molecule is CCCC(C)C(=O)c1ccccc1Cl. The lowest BCUT2D eigenvalue weighted by Gasteiger charge is -2.09. The van der Waals surface area contributed by atoms with Crippen LogP contribution in [0.15, 0.2) is 24.3 Å². The third-order valence-electron chi connectivity index (χ3n) is 2.31. The summed E-state index contributed by atoms with van der Waals surface area (Å²) >= 11 is 5.94. The maximum atomic E-state index is 11.9. The molecule has 0 radical (unpaired) electrons. The fourth-order valence-corrected chi connectivity index (χ4v) is 1.72. The van der Waals surface area contributed by atoms with E-state index in [2.05, 4.69) is 6.92 Å². The van der Waals surface area contributed by atoms with Crippen LogP contribution < -0.4 is 0 Å². The molecule has 1 aromatic carbocycles. The molecule has 1 aromatic rings. The largest absolute Gasteiger partial charge is 0.294 e. The lowest BCUT2D eigenvalue weighted by molar-refractivity contribution is 0.0924. The predicted octanol–water partition coefficient (Wildman–Crippen LogP) is 3.96. The summed E-state index contributed by atoms with van der Waals surface area (Å²) in [7, 11) is 0. The van der Waals surface area contributed by atoms with Gasteiger partial charge in [-0.3, -0.25) is 4.79 Å². The zero-order valence-corrected chi connectivity index (χ0v) is 9.34. The molecule has 0 aromatic heterocycles. The van der Waals surface area contributed by atoms with Gasteiger partial charge in [0.2, 0.25) is 0 Å². The van der Waals surface area contributed by atoms with Crippen LogP contribution in [0.5, 0.6) is 0 Å². The monoisotopic (exact) mass is 210 g/mol. The van der Waals surface area contributed by atoms with Gasteiger partial charge in [-0.2, -0.15) is 0 Å². The van der Waals surface area contributed by atoms with Gasteiger partial charge >= 0.3 is 0 Å². The van der Waals surface area contributed by atoms with Crippen LogP contribution in [0.25, 0.3) is 0 Å². The number of hydrogen-bond donors (Lipinski definition) is 0. The van der Waals surface area contributed by atoms with Gasteiger partial charge in [0.1, 0.15) is 0 Å². The van der Waals surface area contributed by atoms with Crippen molar-refractivity contribution >= 4 is 17.4 Å². The highest BCUT2D eigenvalue weighted by atomic mass is 35.5. The van der Waals surface area contributed by atoms with E-state index in [4.69, 9.17) is 11.6 Å². The smallest absolute Gasteiger partial charge is 0.167 e. The quantitative estimate of drug-likeness (QED) is 0.688. The van der Waals surface area contributed by atoms with Crippen LogP contribution >= 0.6 is 11.6 Å². The molecular weight excluding hydrogens is 196 g/mol. The minimum absolute atomic E-state index is 0.0694. The minimum Gasteiger partial charge on any atom is -0.294 e. The fourth-order valence-electron chi connectivity index (χ4n) is 1.49. The summed E-state index contributed by atoms with van der Waals surface area (Å²) in [5.41, 5.74) is 0.648. The highest BCUT2D eigenvalue weighted by molar-refractivity contribution is 6.34. The van der Waals surface area contributed by atoms with Crippen LogP contribution in [0, 0.1) is 5.92 Å². The van der Waals surface area contributed by atoms with Crippen LogP contribution in [-0.2, 0) is 0 Å². The number of benzene rings is 1. The molecule has 0 spiro atoms. The number of halogens is 1. The maximum absolute atomic E-state index is 11.9. The summed E-state index contributed by atoms with van der Waals surface area (Å²) in [4.78, 5) is 11.9. The molecule has 0 heterocycles. The van der Waals surface area contributed by atoms with E-state index in [9.17, 15) is 4.79 Å². The van der Waals surface area contributed by atoms with Crippen molar-refractivity contribution in [2.45, 2.75) is 26.7 Å². The van der Waals surface area contributed by atoms with E-state index in [1.165, 1.54) is 0 Å². The van der Waals surface area contributed by atoms with Crippen LogP contribution in [0.3, 0.4) is 0 Å². The van der Waals surface area contributed by atoms with Crippen molar-refractivity contribution in [3.8, 4) is 0 Å². The van der Waals surface area contributed by atoms with Crippen molar-refractivity contribution in [1.29, 1.82) is 0 Å². The van der Waals surface area contributed by atoms with Crippen molar-refractivity contribution in [2.75, 3.05) is 0 Å². The first kappa shape index (κ1) is 11.3. The Hall–Kier alpha value is -0.820. The van der Waals surface area contributed by atoms with Crippen molar-refractivity contribution in [1.82, 2.24) is 0 Å². The Labute approximate surface area is 90.1 Å². The number of carbonyl (C=O) groups is 1. The van der Waals surface area contributed by atoms with Crippen LogP contribution in [0.4, 0.5) is 0 Å². The van der Waals surface area contributed by atoms with Gasteiger partial charge in [-0.05, 0) is 18.6 Å². The van der Waals surface area contributed by atoms with Crippen molar-refractivity contribution in [3.63, 3.8) is 0 Å². The summed E-state index contributed by atoms with van der Waals surface area (Å²) < 4.78 is 0. The van der Waals surface area contributed by atoms with E-state index in [1.54, 1.807) is 12.1 Å². The van der Waals surface area contributed by atoms with Gasteiger partial charge in [-0.1, -0.05) is 44.0 Å². The topological polar surface area (TPSA) is 17.1 Å². The molecule has 0 saturated carbocycles. The molecule has 0 aliphatic rings. The first-order chi connectivity index (χ1) is 6.66. The van der Waals surface area contributed by atoms with E-state index in [1.807, 2.05) is 19.1 Å². The van der Waals surface area contributed by atoms with Crippen LogP contribution in [0.1, 0.15) is 37.0 Å². The van der Waals surface area contributed by atoms with E-state index in [0.29, 0.717) is 10.6 Å². The molecule has 1 rings (SSSR count). The second-order valence-corrected chi connectivity index (χ2v) is 3.94. The summed E-state index contributed by atoms with van der Waals surface area (Å²) in [6.45, 7) is 4.03. The zero-order valence-electron chi connectivity index (χ0n) is 8.59. The normalized spacial score (nSPS) is 12.5. The van der Waals surface area contributed by atoms with Gasteiger partial charge < -0.3 is 0 Å². The molecule has 1 nitrogen and oxygen atoms in total. The van der Waals surface area contributed by atoms with E-state index in [0.717, 1.165) is 12.8 Å². The Morgan fingerprint density at radius 2 is 2.07 bits per heavy atom. The molecular formula is C12H15ClO. The molecule has 0 amide bonds. The van der Waals surface area contributed by atoms with Crippen LogP contribution in [0.2, 0.25) is 5.02 Å². The lowest BCUT2D eigenvalue weighted by Crippen LogP contribution is -2.11. The first-order valence-electron chi connectivity index (χ1n) is 4.95. The molecule has 1 atom stereocenters. The van der Waals surface area contributed by atoms with Crippen molar-refractivity contribution in [3.05, 3.63) is 34.9 Å². The van der Waals surface area contributed by atoms with Gasteiger partial charge in [0.25, 0.3) is 0 Å². The standard InChI is InChI=1S/C12H15ClO/c1-3-6-9(2)12(14)10-7-4-5-8-11(10)13/h4-5,7-9H,3,6H2,1-2H3. The summed E-state index contributed by atoms with van der Waals surface area (Å²) in [5.74, 6) is 0.220. The second kappa shape index (κ2) is 5.16. The zero-order chi connectivity index (χ0) is 10.6. The van der Waals surface area contributed by atoms with Crippen molar-refractivity contribution in [2.24, 2.45) is 5.92 Å². The van der Waals surface area contributed by atoms with Crippen LogP contribution in [-0.4, -0.2) is 5.78 Å². The Bertz CT molecular complexity index is 320. The van der Waals surface area contributed by atoms with Gasteiger partial charge in [-0.25, -0.2) is 0 Å². The Morgan fingerprint density at radius 1 is 1.43 bits per heavy atom. The van der Waals surface area contributed by atoms with Gasteiger partial charge in [0.15, 0.2) is 5.78 Å². The Balaban J connectivity index is 2.84. The highest BCUT2D eigenvalue weighted by Gasteiger charge is 2.16. The van der Waals surface area contributed by atoms with Gasteiger partial charge in [0.05, 0.1) is 5.02 Å². The molecule has 14 heavy (non-hydrogen) atoms. The minimum atomic E-state index is 0.0694. The predicted molar refractivity (Wildman–Crippen MR) is 59.9 cm³/mol. The molecule has 0 N–H and O–H groups in total. The van der Waals surface area contributed by atoms with E-state index < -0.39 is 0 Å². The highest BCUT2D eigenvalue weighted by Crippen LogP contribution is 2.20. The average Bonchev–Trinajstić information content (AvgIpc) is 2.18. The Kier molecular flexibility index (Phi) is 4.15. The van der Waals surface area contributed by atoms with E-state index >= 15 is 0 Å². The molecule has 2 heteroatoms. The van der Waals surface area contributed by atoms with Gasteiger partial charge in [0, 0.05) is 11.5 Å². The third kappa shape index (κ3) is 2.58. The molecule has 0 bridgehead atoms. The molecule has 0 fully saturated rings. The molecule has 76 valence electrons. The number of carbonyl (C=O) groups excluding carboxylic acids is 1. The molecule has 0 saturated heterocycles. The van der Waals surface area contributed by atoms with E-state index in [-0.39, 0.29) is 11.7 Å². The Morgan fingerprint density at radius 3 is 2.64 bits per heavy atom. The number of hydrogen-bond acceptors (Lipinski definition) is 1. The summed E-state index contributed by atoms with van der Waals surface area (Å²) in [6.07, 6.45) is 1.95. The number of rotatable bonds is 4. The summed E-state index contributed by atoms with van der Waals surface area (Å²) in [6, 6.07) is 7.23. The first-order valence-corrected chi connectivity index (χ1v) is 5.33. The molecule has 0 aliphatic carbocycles. The average molecular weight is 211 g/mol. The van der Waals surface area contributed by atoms with Gasteiger partial charge in [-0.15, -0.1) is 0 Å². The molecule has 0 aliphatic heterocycles. The number of Topliss-reactive ketones (excluding diaryl/α,β-unsaturated/α-hetero) is 1. The van der Waals surface area contributed by atoms with Crippen molar-refractivity contribution < 1.29 is 4.79 Å². The fraction of sp³-hybridized carbons (Fsp3) is 0.417. The third-order valence-corrected chi connectivity index (χ3v) is 2.64. The molecule has 1 unspecified atom stereocenters. The lowest BCUT2D eigenvalue weighted by atomic mass is 9.95. The second-order valence-electron chi connectivity index (χ2n) is 3.53. The number of ketones is 1. The summed E-state index contributed by atoms with van der Waals surface area (Å²) in [5, 5.41) is 0.556.